The second-order valence-electron chi connectivity index (χ2n) is 8.09. The van der Waals surface area contributed by atoms with Crippen LogP contribution in [0.25, 0.3) is 0 Å². The van der Waals surface area contributed by atoms with E-state index in [-0.39, 0.29) is 10.8 Å². The summed E-state index contributed by atoms with van der Waals surface area (Å²) in [6.45, 7) is 10.2. The van der Waals surface area contributed by atoms with Gasteiger partial charge in [0.2, 0.25) is 10.0 Å². The molecule has 1 saturated heterocycles. The molecule has 0 radical (unpaired) electrons. The van der Waals surface area contributed by atoms with E-state index in [9.17, 15) is 13.2 Å². The van der Waals surface area contributed by atoms with Gasteiger partial charge in [-0.2, -0.15) is 4.31 Å². The summed E-state index contributed by atoms with van der Waals surface area (Å²) in [4.78, 5) is 14.3. The van der Waals surface area contributed by atoms with Crippen LogP contribution in [0.3, 0.4) is 0 Å². The van der Waals surface area contributed by atoms with Crippen molar-refractivity contribution in [2.45, 2.75) is 70.2 Å². The van der Waals surface area contributed by atoms with Gasteiger partial charge in [0.15, 0.2) is 0 Å². The number of quaternary nitrogens is 1. The van der Waals surface area contributed by atoms with E-state index in [0.717, 1.165) is 25.8 Å². The Labute approximate surface area is 176 Å². The number of likely N-dealkylation sites (tertiary alicyclic amines) is 1. The van der Waals surface area contributed by atoms with Crippen molar-refractivity contribution in [1.29, 1.82) is 0 Å². The van der Waals surface area contributed by atoms with Crippen molar-refractivity contribution >= 4 is 15.9 Å². The predicted molar refractivity (Wildman–Crippen MR) is 117 cm³/mol. The molecule has 1 aliphatic heterocycles. The number of nitrogens with one attached hydrogen (secondary N) is 2. The summed E-state index contributed by atoms with van der Waals surface area (Å²) in [7, 11) is -3.51. The third kappa shape index (κ3) is 6.79. The fourth-order valence-corrected chi connectivity index (χ4v) is 5.65. The van der Waals surface area contributed by atoms with Gasteiger partial charge in [-0.1, -0.05) is 13.8 Å². The number of rotatable bonds is 11. The van der Waals surface area contributed by atoms with E-state index in [1.54, 1.807) is 29.2 Å². The summed E-state index contributed by atoms with van der Waals surface area (Å²) in [6.07, 6.45) is 6.44. The second-order valence-corrected chi connectivity index (χ2v) is 10.0. The van der Waals surface area contributed by atoms with Gasteiger partial charge in [0.05, 0.1) is 24.0 Å². The third-order valence-corrected chi connectivity index (χ3v) is 7.66. The molecule has 1 amide bonds. The average Bonchev–Trinajstić information content (AvgIpc) is 2.72. The summed E-state index contributed by atoms with van der Waals surface area (Å²) >= 11 is 0. The number of hydrogen-bond donors (Lipinski definition) is 2. The molecule has 1 heterocycles. The van der Waals surface area contributed by atoms with Crippen LogP contribution in [0.1, 0.15) is 69.7 Å². The lowest BCUT2D eigenvalue weighted by atomic mass is 10.0. The lowest BCUT2D eigenvalue weighted by molar-refractivity contribution is -0.928. The van der Waals surface area contributed by atoms with E-state index in [0.29, 0.717) is 31.2 Å². The molecule has 0 spiro atoms. The molecule has 1 aliphatic rings. The molecule has 1 unspecified atom stereocenters. The van der Waals surface area contributed by atoms with Gasteiger partial charge in [-0.25, -0.2) is 8.42 Å². The van der Waals surface area contributed by atoms with Crippen LogP contribution in [-0.4, -0.2) is 57.4 Å². The van der Waals surface area contributed by atoms with E-state index < -0.39 is 10.0 Å². The van der Waals surface area contributed by atoms with E-state index in [1.807, 2.05) is 13.8 Å². The lowest BCUT2D eigenvalue weighted by Gasteiger charge is -2.30. The molecule has 0 saturated carbocycles. The normalized spacial score (nSPS) is 20.0. The molecule has 6 nitrogen and oxygen atoms in total. The van der Waals surface area contributed by atoms with Gasteiger partial charge in [-0.3, -0.25) is 4.79 Å². The Morgan fingerprint density at radius 2 is 1.79 bits per heavy atom. The number of amides is 1. The maximum atomic E-state index is 12.8. The first kappa shape index (κ1) is 23.8. The Kier molecular flexibility index (Phi) is 9.59. The molecule has 2 atom stereocenters. The highest BCUT2D eigenvalue weighted by Gasteiger charge is 2.23. The van der Waals surface area contributed by atoms with Crippen LogP contribution in [0.2, 0.25) is 0 Å². The zero-order chi connectivity index (χ0) is 21.3. The molecule has 1 fully saturated rings. The molecule has 2 rings (SSSR count). The van der Waals surface area contributed by atoms with Gasteiger partial charge in [0.1, 0.15) is 0 Å². The highest BCUT2D eigenvalue weighted by atomic mass is 32.2. The Bertz CT molecular complexity index is 728. The van der Waals surface area contributed by atoms with Gasteiger partial charge < -0.3 is 10.2 Å². The van der Waals surface area contributed by atoms with Crippen molar-refractivity contribution in [2.24, 2.45) is 0 Å². The molecule has 1 aromatic rings. The first-order chi connectivity index (χ1) is 13.9. The number of carbonyl (C=O) groups is 1. The predicted octanol–water partition coefficient (Wildman–Crippen LogP) is 2.07. The van der Waals surface area contributed by atoms with E-state index in [4.69, 9.17) is 0 Å². The van der Waals surface area contributed by atoms with Crippen LogP contribution in [-0.2, 0) is 10.0 Å². The van der Waals surface area contributed by atoms with E-state index >= 15 is 0 Å². The van der Waals surface area contributed by atoms with Crippen LogP contribution in [0, 0.1) is 0 Å². The Balaban J connectivity index is 1.87. The van der Waals surface area contributed by atoms with Crippen molar-refractivity contribution in [2.75, 3.05) is 32.7 Å². The Morgan fingerprint density at radius 1 is 1.14 bits per heavy atom. The molecular weight excluding hydrogens is 386 g/mol. The first-order valence-electron chi connectivity index (χ1n) is 11.1. The fraction of sp³-hybridized carbons (Fsp3) is 0.682. The van der Waals surface area contributed by atoms with E-state index in [2.05, 4.69) is 12.2 Å². The van der Waals surface area contributed by atoms with Crippen molar-refractivity contribution in [1.82, 2.24) is 9.62 Å². The standard InChI is InChI=1S/C22H37N3O3S/c1-4-15-25(16-5-2)29(27,28)21-12-10-20(11-13-21)22(26)23-14-8-18-24-17-7-6-9-19(24)3/h10-13,19H,4-9,14-18H2,1-3H3,(H,23,26)/p+1/t19-/m1/s1. The van der Waals surface area contributed by atoms with Crippen molar-refractivity contribution in [3.63, 3.8) is 0 Å². The number of sulfonamides is 1. The summed E-state index contributed by atoms with van der Waals surface area (Å²) in [6, 6.07) is 7.02. The quantitative estimate of drug-likeness (QED) is 0.534. The number of nitrogens with zero attached hydrogens (tertiary/aromatic N) is 1. The Morgan fingerprint density at radius 3 is 2.38 bits per heavy atom. The highest BCUT2D eigenvalue weighted by Crippen LogP contribution is 2.17. The molecule has 1 aromatic carbocycles. The van der Waals surface area contributed by atoms with Gasteiger partial charge >= 0.3 is 0 Å². The zero-order valence-corrected chi connectivity index (χ0v) is 19.1. The fourth-order valence-electron chi connectivity index (χ4n) is 4.02. The van der Waals surface area contributed by atoms with Crippen molar-refractivity contribution in [3.8, 4) is 0 Å². The number of hydrogen-bond acceptors (Lipinski definition) is 3. The number of benzene rings is 1. The Hall–Kier alpha value is -1.44. The van der Waals surface area contributed by atoms with Crippen LogP contribution in [0.4, 0.5) is 0 Å². The lowest BCUT2D eigenvalue weighted by Crippen LogP contribution is -3.16. The van der Waals surface area contributed by atoms with Crippen LogP contribution >= 0.6 is 0 Å². The highest BCUT2D eigenvalue weighted by molar-refractivity contribution is 7.89. The summed E-state index contributed by atoms with van der Waals surface area (Å²) in [5.74, 6) is -0.144. The molecule has 29 heavy (non-hydrogen) atoms. The zero-order valence-electron chi connectivity index (χ0n) is 18.2. The molecule has 0 aromatic heterocycles. The van der Waals surface area contributed by atoms with Gasteiger partial charge in [0, 0.05) is 31.6 Å². The second kappa shape index (κ2) is 11.7. The topological polar surface area (TPSA) is 70.9 Å². The number of carbonyl (C=O) groups excluding carboxylic acids is 1. The van der Waals surface area contributed by atoms with Gasteiger partial charge in [0.25, 0.3) is 5.91 Å². The van der Waals surface area contributed by atoms with Gasteiger partial charge in [-0.05, 0) is 63.3 Å². The van der Waals surface area contributed by atoms with Crippen LogP contribution in [0.15, 0.2) is 29.2 Å². The van der Waals surface area contributed by atoms with Gasteiger partial charge in [-0.15, -0.1) is 0 Å². The maximum Gasteiger partial charge on any atom is 0.251 e. The third-order valence-electron chi connectivity index (χ3n) is 5.74. The molecule has 164 valence electrons. The SMILES string of the molecule is CCCN(CCC)S(=O)(=O)c1ccc(C(=O)NCCC[NH+]2CCCC[C@H]2C)cc1. The van der Waals surface area contributed by atoms with Crippen LogP contribution < -0.4 is 10.2 Å². The largest absolute Gasteiger partial charge is 0.352 e. The molecule has 7 heteroatoms. The minimum Gasteiger partial charge on any atom is -0.352 e. The average molecular weight is 425 g/mol. The molecule has 0 bridgehead atoms. The minimum absolute atomic E-state index is 0.144. The monoisotopic (exact) mass is 424 g/mol. The molecule has 2 N–H and O–H groups in total. The van der Waals surface area contributed by atoms with Crippen LogP contribution in [0.5, 0.6) is 0 Å². The maximum absolute atomic E-state index is 12.8. The van der Waals surface area contributed by atoms with Crippen molar-refractivity contribution < 1.29 is 18.1 Å². The summed E-state index contributed by atoms with van der Waals surface area (Å²) < 4.78 is 27.1. The number of piperidine rings is 1. The molecule has 0 aliphatic carbocycles. The van der Waals surface area contributed by atoms with E-state index in [1.165, 1.54) is 30.1 Å². The van der Waals surface area contributed by atoms with Crippen molar-refractivity contribution in [3.05, 3.63) is 29.8 Å². The summed E-state index contributed by atoms with van der Waals surface area (Å²) in [5, 5.41) is 2.96. The molecular formula is C22H38N3O3S+. The first-order valence-corrected chi connectivity index (χ1v) is 12.6. The summed E-state index contributed by atoms with van der Waals surface area (Å²) in [5.41, 5.74) is 0.500. The smallest absolute Gasteiger partial charge is 0.251 e. The minimum atomic E-state index is -3.51.